The van der Waals surface area contributed by atoms with E-state index in [2.05, 4.69) is 15.9 Å². The molecule has 18 heavy (non-hydrogen) atoms. The summed E-state index contributed by atoms with van der Waals surface area (Å²) in [6, 6.07) is 4.97. The van der Waals surface area contributed by atoms with E-state index in [0.717, 1.165) is 10.4 Å². The van der Waals surface area contributed by atoms with Crippen LogP contribution in [-0.2, 0) is 10.0 Å². The van der Waals surface area contributed by atoms with Gasteiger partial charge in [-0.15, -0.1) is 0 Å². The first kappa shape index (κ1) is 15.1. The summed E-state index contributed by atoms with van der Waals surface area (Å²) in [5, 5.41) is 8.57. The summed E-state index contributed by atoms with van der Waals surface area (Å²) in [7, 11) is -2.32. The van der Waals surface area contributed by atoms with Gasteiger partial charge in [0, 0.05) is 13.1 Å². The first-order valence-corrected chi connectivity index (χ1v) is 7.34. The van der Waals surface area contributed by atoms with E-state index in [0.29, 0.717) is 0 Å². The topological polar surface area (TPSA) is 61.2 Å². The summed E-state index contributed by atoms with van der Waals surface area (Å²) in [6.07, 6.45) is 0.0953. The van der Waals surface area contributed by atoms with Crippen LogP contribution in [0.25, 0.3) is 0 Å². The third-order valence-electron chi connectivity index (χ3n) is 2.58. The van der Waals surface area contributed by atoms with Gasteiger partial charge in [-0.1, -0.05) is 0 Å². The van der Waals surface area contributed by atoms with E-state index in [1.165, 1.54) is 19.2 Å². The molecule has 1 aromatic carbocycles. The quantitative estimate of drug-likeness (QED) is 0.849. The molecule has 0 N–H and O–H groups in total. The van der Waals surface area contributed by atoms with Crippen molar-refractivity contribution in [2.24, 2.45) is 0 Å². The van der Waals surface area contributed by atoms with Crippen molar-refractivity contribution in [2.75, 3.05) is 7.05 Å². The summed E-state index contributed by atoms with van der Waals surface area (Å²) in [5.41, 5.74) is 0. The lowest BCUT2D eigenvalue weighted by molar-refractivity contribution is 0.393. The molecule has 0 amide bonds. The van der Waals surface area contributed by atoms with Gasteiger partial charge in [-0.3, -0.25) is 0 Å². The summed E-state index contributed by atoms with van der Waals surface area (Å²) >= 11 is 2.95. The molecule has 7 heteroatoms. The Morgan fingerprint density at radius 1 is 1.56 bits per heavy atom. The van der Waals surface area contributed by atoms with Gasteiger partial charge in [0.15, 0.2) is 0 Å². The number of benzene rings is 1. The van der Waals surface area contributed by atoms with Crippen molar-refractivity contribution in [3.05, 3.63) is 28.5 Å². The number of halogens is 2. The molecule has 0 aromatic heterocycles. The molecular formula is C11H12BrFN2O2S. The van der Waals surface area contributed by atoms with Crippen LogP contribution in [0.5, 0.6) is 0 Å². The maximum atomic E-state index is 13.1. The Morgan fingerprint density at radius 3 is 2.67 bits per heavy atom. The minimum absolute atomic E-state index is 0.0111. The van der Waals surface area contributed by atoms with Crippen molar-refractivity contribution < 1.29 is 12.8 Å². The Hall–Kier alpha value is -0.970. The number of sulfonamides is 1. The zero-order valence-corrected chi connectivity index (χ0v) is 12.3. The second-order valence-electron chi connectivity index (χ2n) is 3.81. The van der Waals surface area contributed by atoms with Crippen LogP contribution >= 0.6 is 15.9 Å². The molecule has 0 unspecified atom stereocenters. The number of nitrogens with zero attached hydrogens (tertiary/aromatic N) is 2. The van der Waals surface area contributed by atoms with Crippen LogP contribution in [0, 0.1) is 17.1 Å². The highest BCUT2D eigenvalue weighted by Gasteiger charge is 2.25. The summed E-state index contributed by atoms with van der Waals surface area (Å²) in [4.78, 5) is -0.0111. The monoisotopic (exact) mass is 334 g/mol. The van der Waals surface area contributed by atoms with Crippen LogP contribution in [0.15, 0.2) is 27.6 Å². The molecule has 0 spiro atoms. The van der Waals surface area contributed by atoms with Gasteiger partial charge in [-0.05, 0) is 41.1 Å². The molecule has 0 heterocycles. The van der Waals surface area contributed by atoms with E-state index in [4.69, 9.17) is 5.26 Å². The normalized spacial score (nSPS) is 13.3. The zero-order valence-electron chi connectivity index (χ0n) is 9.89. The van der Waals surface area contributed by atoms with Crippen LogP contribution in [0.3, 0.4) is 0 Å². The lowest BCUT2D eigenvalue weighted by Crippen LogP contribution is -2.34. The highest BCUT2D eigenvalue weighted by molar-refractivity contribution is 9.10. The minimum atomic E-state index is -3.71. The Kier molecular flexibility index (Phi) is 4.85. The third kappa shape index (κ3) is 3.07. The maximum Gasteiger partial charge on any atom is 0.243 e. The molecule has 0 saturated carbocycles. The molecule has 0 saturated heterocycles. The van der Waals surface area contributed by atoms with E-state index < -0.39 is 21.9 Å². The van der Waals surface area contributed by atoms with Gasteiger partial charge in [0.05, 0.1) is 21.9 Å². The highest BCUT2D eigenvalue weighted by Crippen LogP contribution is 2.23. The SMILES string of the molecule is C[C@@H](CC#N)N(C)S(=O)(=O)c1ccc(F)c(Br)c1. The molecule has 0 aliphatic heterocycles. The molecule has 0 fully saturated rings. The third-order valence-corrected chi connectivity index (χ3v) is 5.15. The predicted molar refractivity (Wildman–Crippen MR) is 68.7 cm³/mol. The van der Waals surface area contributed by atoms with Crippen LogP contribution in [-0.4, -0.2) is 25.8 Å². The van der Waals surface area contributed by atoms with Crippen LogP contribution in [0.2, 0.25) is 0 Å². The minimum Gasteiger partial charge on any atom is -0.207 e. The fourth-order valence-electron chi connectivity index (χ4n) is 1.30. The molecular weight excluding hydrogens is 323 g/mol. The van der Waals surface area contributed by atoms with Gasteiger partial charge in [0.1, 0.15) is 5.82 Å². The molecule has 1 aromatic rings. The number of hydrogen-bond donors (Lipinski definition) is 0. The fraction of sp³-hybridized carbons (Fsp3) is 0.364. The van der Waals surface area contributed by atoms with Crippen LogP contribution in [0.1, 0.15) is 13.3 Å². The smallest absolute Gasteiger partial charge is 0.207 e. The first-order chi connectivity index (χ1) is 8.30. The fourth-order valence-corrected chi connectivity index (χ4v) is 3.22. The molecule has 0 bridgehead atoms. The largest absolute Gasteiger partial charge is 0.243 e. The number of rotatable bonds is 4. The van der Waals surface area contributed by atoms with E-state index in [9.17, 15) is 12.8 Å². The zero-order chi connectivity index (χ0) is 13.9. The van der Waals surface area contributed by atoms with Crippen molar-refractivity contribution in [1.82, 2.24) is 4.31 Å². The van der Waals surface area contributed by atoms with Crippen molar-refractivity contribution in [2.45, 2.75) is 24.3 Å². The van der Waals surface area contributed by atoms with Gasteiger partial charge in [0.2, 0.25) is 10.0 Å². The Bertz CT molecular complexity index is 583. The average Bonchev–Trinajstić information content (AvgIpc) is 2.31. The Balaban J connectivity index is 3.14. The van der Waals surface area contributed by atoms with Crippen molar-refractivity contribution in [3.63, 3.8) is 0 Å². The van der Waals surface area contributed by atoms with Gasteiger partial charge >= 0.3 is 0 Å². The van der Waals surface area contributed by atoms with Gasteiger partial charge in [-0.25, -0.2) is 12.8 Å². The van der Waals surface area contributed by atoms with E-state index in [-0.39, 0.29) is 15.8 Å². The van der Waals surface area contributed by atoms with Gasteiger partial charge in [-0.2, -0.15) is 9.57 Å². The molecule has 1 rings (SSSR count). The summed E-state index contributed by atoms with van der Waals surface area (Å²) in [6.45, 7) is 1.64. The second kappa shape index (κ2) is 5.78. The Morgan fingerprint density at radius 2 is 2.17 bits per heavy atom. The lowest BCUT2D eigenvalue weighted by atomic mass is 10.3. The average molecular weight is 335 g/mol. The molecule has 1 atom stereocenters. The molecule has 0 aliphatic rings. The van der Waals surface area contributed by atoms with Gasteiger partial charge < -0.3 is 0 Å². The number of hydrogen-bond acceptors (Lipinski definition) is 3. The highest BCUT2D eigenvalue weighted by atomic mass is 79.9. The molecule has 98 valence electrons. The van der Waals surface area contributed by atoms with Crippen LogP contribution < -0.4 is 0 Å². The van der Waals surface area contributed by atoms with Crippen molar-refractivity contribution in [3.8, 4) is 6.07 Å². The van der Waals surface area contributed by atoms with Crippen LogP contribution in [0.4, 0.5) is 4.39 Å². The van der Waals surface area contributed by atoms with Crippen molar-refractivity contribution >= 4 is 26.0 Å². The predicted octanol–water partition coefficient (Wildman–Crippen LogP) is 2.51. The lowest BCUT2D eigenvalue weighted by Gasteiger charge is -2.22. The van der Waals surface area contributed by atoms with Gasteiger partial charge in [0.25, 0.3) is 0 Å². The number of nitriles is 1. The first-order valence-electron chi connectivity index (χ1n) is 5.10. The summed E-state index contributed by atoms with van der Waals surface area (Å²) < 4.78 is 38.6. The van der Waals surface area contributed by atoms with Crippen molar-refractivity contribution in [1.29, 1.82) is 5.26 Å². The summed E-state index contributed by atoms with van der Waals surface area (Å²) in [5.74, 6) is -0.526. The van der Waals surface area contributed by atoms with E-state index in [1.807, 2.05) is 6.07 Å². The second-order valence-corrected chi connectivity index (χ2v) is 6.66. The Labute approximate surface area is 114 Å². The molecule has 0 radical (unpaired) electrons. The maximum absolute atomic E-state index is 13.1. The standard InChI is InChI=1S/C11H12BrFN2O2S/c1-8(5-6-14)15(2)18(16,17)9-3-4-11(13)10(12)7-9/h3-4,7-8H,5H2,1-2H3/t8-/m0/s1. The molecule has 0 aliphatic carbocycles. The van der Waals surface area contributed by atoms with E-state index >= 15 is 0 Å². The molecule has 4 nitrogen and oxygen atoms in total. The van der Waals surface area contributed by atoms with E-state index in [1.54, 1.807) is 6.92 Å².